The minimum Gasteiger partial charge on any atom is -0.0776 e. The van der Waals surface area contributed by atoms with Crippen LogP contribution >= 0.6 is 0 Å². The molecule has 0 aliphatic heterocycles. The fourth-order valence-electron chi connectivity index (χ4n) is 9.25. The van der Waals surface area contributed by atoms with Crippen molar-refractivity contribution in [2.45, 2.75) is 277 Å². The lowest BCUT2D eigenvalue weighted by Gasteiger charge is -2.36. The lowest BCUT2D eigenvalue weighted by Crippen LogP contribution is -2.23. The molecule has 0 saturated heterocycles. The second kappa shape index (κ2) is 41.2. The molecule has 0 unspecified atom stereocenters. The summed E-state index contributed by atoms with van der Waals surface area (Å²) in [7, 11) is 0. The van der Waals surface area contributed by atoms with Crippen molar-refractivity contribution in [3.05, 3.63) is 0 Å². The van der Waals surface area contributed by atoms with Crippen LogP contribution in [0.15, 0.2) is 0 Å². The van der Waals surface area contributed by atoms with Crippen LogP contribution in [0.4, 0.5) is 0 Å². The van der Waals surface area contributed by atoms with Gasteiger partial charge in [0.25, 0.3) is 0 Å². The molecular formula is C51H120. The van der Waals surface area contributed by atoms with Crippen LogP contribution in [0, 0.1) is 59.2 Å². The lowest BCUT2D eigenvalue weighted by molar-refractivity contribution is 0.163. The molecule has 0 amide bonds. The Balaban J connectivity index is -0.0000000801. The Morgan fingerprint density at radius 3 is 0.510 bits per heavy atom. The van der Waals surface area contributed by atoms with Crippen LogP contribution in [0.1, 0.15) is 277 Å². The van der Waals surface area contributed by atoms with E-state index in [9.17, 15) is 0 Å². The molecule has 5 aliphatic carbocycles. The molecule has 0 heterocycles. The van der Waals surface area contributed by atoms with Crippen LogP contribution in [-0.4, -0.2) is 0 Å². The van der Waals surface area contributed by atoms with Crippen molar-refractivity contribution in [2.75, 3.05) is 0 Å². The SMILES string of the molecule is C.C.C.C.C.C.C.C.C.C.C.CC1CCC(C)CC1.CC1CCC(C)CC1.CCC1CCC(CC2CCC(CC3CCC(CC)CC3)CC2)CC1. The zero-order valence-electron chi connectivity index (χ0n) is 28.7. The van der Waals surface area contributed by atoms with E-state index in [1.165, 1.54) is 89.9 Å². The Kier molecular flexibility index (Phi) is 58.3. The van der Waals surface area contributed by atoms with Crippen LogP contribution < -0.4 is 0 Å². The van der Waals surface area contributed by atoms with Gasteiger partial charge < -0.3 is 0 Å². The van der Waals surface area contributed by atoms with Gasteiger partial charge in [-0.05, 0) is 72.0 Å². The van der Waals surface area contributed by atoms with Gasteiger partial charge >= 0.3 is 0 Å². The van der Waals surface area contributed by atoms with Gasteiger partial charge in [-0.15, -0.1) is 0 Å². The highest BCUT2D eigenvalue weighted by atomic mass is 14.3. The van der Waals surface area contributed by atoms with E-state index in [4.69, 9.17) is 0 Å². The minimum atomic E-state index is 0. The predicted molar refractivity (Wildman–Crippen MR) is 254 cm³/mol. The van der Waals surface area contributed by atoms with Crippen molar-refractivity contribution in [1.82, 2.24) is 0 Å². The molecule has 5 aliphatic rings. The first-order valence-electron chi connectivity index (χ1n) is 19.3. The number of hydrogen-bond donors (Lipinski definition) is 0. The van der Waals surface area contributed by atoms with Gasteiger partial charge in [0.1, 0.15) is 0 Å². The summed E-state index contributed by atoms with van der Waals surface area (Å²) < 4.78 is 0. The van der Waals surface area contributed by atoms with Crippen LogP contribution in [0.3, 0.4) is 0 Å². The molecule has 5 fully saturated rings. The molecule has 5 rings (SSSR count). The third-order valence-electron chi connectivity index (χ3n) is 13.0. The molecule has 0 aromatic carbocycles. The summed E-state index contributed by atoms with van der Waals surface area (Å²) >= 11 is 0. The third kappa shape index (κ3) is 30.0. The standard InChI is InChI=1S/C24H44.2C8H16.11CH4/c1-3-19-5-9-21(10-6-19)17-23-13-15-24(16-14-23)18-22-11-7-20(4-2)8-12-22;2*1-7-3-5-8(2)6-4-7;;;;;;;;;;;/h19-24H,3-18H2,1-2H3;2*7-8H,3-6H2,1-2H3;11*1H4. The van der Waals surface area contributed by atoms with Crippen molar-refractivity contribution < 1.29 is 0 Å². The molecule has 0 spiro atoms. The molecular weight excluding hydrogens is 613 g/mol. The van der Waals surface area contributed by atoms with Gasteiger partial charge in [0, 0.05) is 0 Å². The summed E-state index contributed by atoms with van der Waals surface area (Å²) in [5.74, 6) is 10.6. The fraction of sp³-hybridized carbons (Fsp3) is 1.00. The Hall–Kier alpha value is 0. The molecule has 324 valence electrons. The van der Waals surface area contributed by atoms with Gasteiger partial charge in [-0.3, -0.25) is 0 Å². The highest BCUT2D eigenvalue weighted by Gasteiger charge is 2.29. The summed E-state index contributed by atoms with van der Waals surface area (Å²) in [5.41, 5.74) is 0. The summed E-state index contributed by atoms with van der Waals surface area (Å²) in [6.07, 6.45) is 36.5. The maximum Gasteiger partial charge on any atom is -0.0411 e. The van der Waals surface area contributed by atoms with Crippen LogP contribution in [0.5, 0.6) is 0 Å². The Labute approximate surface area is 335 Å². The Bertz CT molecular complexity index is 508. The van der Waals surface area contributed by atoms with Crippen molar-refractivity contribution in [3.63, 3.8) is 0 Å². The quantitative estimate of drug-likeness (QED) is 0.255. The van der Waals surface area contributed by atoms with Gasteiger partial charge in [-0.1, -0.05) is 264 Å². The van der Waals surface area contributed by atoms with Crippen molar-refractivity contribution in [3.8, 4) is 0 Å². The van der Waals surface area contributed by atoms with E-state index in [1.54, 1.807) is 64.2 Å². The number of rotatable bonds is 6. The van der Waals surface area contributed by atoms with Crippen LogP contribution in [-0.2, 0) is 0 Å². The number of hydrogen-bond acceptors (Lipinski definition) is 0. The van der Waals surface area contributed by atoms with E-state index in [-0.39, 0.29) is 81.7 Å². The molecule has 0 bridgehead atoms. The van der Waals surface area contributed by atoms with Gasteiger partial charge in [-0.25, -0.2) is 0 Å². The summed E-state index contributed by atoms with van der Waals surface area (Å²) in [6, 6.07) is 0. The third-order valence-corrected chi connectivity index (χ3v) is 13.0. The largest absolute Gasteiger partial charge is 0.0776 e. The molecule has 0 heteroatoms. The van der Waals surface area contributed by atoms with E-state index >= 15 is 0 Å². The van der Waals surface area contributed by atoms with Gasteiger partial charge in [0.15, 0.2) is 0 Å². The summed E-state index contributed by atoms with van der Waals surface area (Å²) in [5, 5.41) is 0. The summed E-state index contributed by atoms with van der Waals surface area (Å²) in [4.78, 5) is 0. The zero-order valence-corrected chi connectivity index (χ0v) is 28.7. The van der Waals surface area contributed by atoms with E-state index in [0.717, 1.165) is 59.2 Å². The van der Waals surface area contributed by atoms with Gasteiger partial charge in [-0.2, -0.15) is 0 Å². The maximum absolute atomic E-state index is 2.39. The van der Waals surface area contributed by atoms with Crippen LogP contribution in [0.25, 0.3) is 0 Å². The smallest absolute Gasteiger partial charge is 0.0411 e. The van der Waals surface area contributed by atoms with E-state index < -0.39 is 0 Å². The lowest BCUT2D eigenvalue weighted by atomic mass is 9.70. The van der Waals surface area contributed by atoms with E-state index in [1.807, 2.05) is 0 Å². The molecule has 0 aromatic heterocycles. The second-order valence-corrected chi connectivity index (χ2v) is 16.7. The molecule has 0 nitrogen and oxygen atoms in total. The Morgan fingerprint density at radius 2 is 0.373 bits per heavy atom. The van der Waals surface area contributed by atoms with Crippen LogP contribution in [0.2, 0.25) is 0 Å². The molecule has 0 radical (unpaired) electrons. The van der Waals surface area contributed by atoms with Crippen molar-refractivity contribution in [1.29, 1.82) is 0 Å². The van der Waals surface area contributed by atoms with Crippen molar-refractivity contribution >= 4 is 0 Å². The average Bonchev–Trinajstić information content (AvgIpc) is 2.99. The normalized spacial score (nSPS) is 31.9. The average molecular weight is 734 g/mol. The topological polar surface area (TPSA) is 0 Å². The molecule has 0 atom stereocenters. The summed E-state index contributed by atoms with van der Waals surface area (Å²) in [6.45, 7) is 14.2. The zero-order chi connectivity index (χ0) is 28.7. The second-order valence-electron chi connectivity index (χ2n) is 16.7. The highest BCUT2D eigenvalue weighted by Crippen LogP contribution is 2.42. The van der Waals surface area contributed by atoms with Crippen molar-refractivity contribution in [2.24, 2.45) is 59.2 Å². The Morgan fingerprint density at radius 1 is 0.235 bits per heavy atom. The van der Waals surface area contributed by atoms with E-state index in [0.29, 0.717) is 0 Å². The highest BCUT2D eigenvalue weighted by molar-refractivity contribution is 4.81. The molecule has 51 heavy (non-hydrogen) atoms. The molecule has 0 N–H and O–H groups in total. The minimum absolute atomic E-state index is 0. The fourth-order valence-corrected chi connectivity index (χ4v) is 9.25. The first-order valence-corrected chi connectivity index (χ1v) is 19.3. The van der Waals surface area contributed by atoms with Gasteiger partial charge in [0.2, 0.25) is 0 Å². The first-order chi connectivity index (χ1) is 19.3. The predicted octanol–water partition coefficient (Wildman–Crippen LogP) is 20.7. The molecule has 0 aromatic rings. The van der Waals surface area contributed by atoms with E-state index in [2.05, 4.69) is 41.5 Å². The maximum atomic E-state index is 2.39. The molecule has 5 saturated carbocycles. The first kappa shape index (κ1) is 72.3. The van der Waals surface area contributed by atoms with Gasteiger partial charge in [0.05, 0.1) is 0 Å². The monoisotopic (exact) mass is 733 g/mol.